The largest absolute Gasteiger partial charge is 0.438 e. The van der Waals surface area contributed by atoms with Gasteiger partial charge in [0.2, 0.25) is 0 Å². The summed E-state index contributed by atoms with van der Waals surface area (Å²) in [5.74, 6) is -6.32. The van der Waals surface area contributed by atoms with Crippen molar-refractivity contribution >= 4 is 22.7 Å². The quantitative estimate of drug-likeness (QED) is 0.462. The Morgan fingerprint density at radius 1 is 1.00 bits per heavy atom. The first-order chi connectivity index (χ1) is 5.75. The average Bonchev–Trinajstić information content (AvgIpc) is 1.81. The molecule has 0 bridgehead atoms. The fourth-order valence-electron chi connectivity index (χ4n) is 0.337. The highest BCUT2D eigenvalue weighted by Gasteiger charge is 2.76. The van der Waals surface area contributed by atoms with E-state index in [2.05, 4.69) is 0 Å². The minimum Gasteiger partial charge on any atom is -0.281 e. The van der Waals surface area contributed by atoms with E-state index in [0.29, 0.717) is 0 Å². The maximum absolute atomic E-state index is 12.1. The zero-order valence-corrected chi connectivity index (χ0v) is 7.60. The molecule has 3 nitrogen and oxygen atoms in total. The summed E-state index contributed by atoms with van der Waals surface area (Å²) in [6.07, 6.45) is 0. The summed E-state index contributed by atoms with van der Waals surface area (Å²) in [6, 6.07) is 0. The fourth-order valence-corrected chi connectivity index (χ4v) is 1.01. The summed E-state index contributed by atoms with van der Waals surface area (Å²) in [7, 11) is -6.66. The molecule has 0 aromatic carbocycles. The molecule has 0 fully saturated rings. The Kier molecular flexibility index (Phi) is 3.13. The summed E-state index contributed by atoms with van der Waals surface area (Å²) in [5.41, 5.74) is 0. The topological polar surface area (TPSA) is 54.4 Å². The first-order valence-corrected chi connectivity index (χ1v) is 4.46. The van der Waals surface area contributed by atoms with E-state index in [0.717, 1.165) is 0 Å². The van der Waals surface area contributed by atoms with Crippen LogP contribution < -0.4 is 0 Å². The van der Waals surface area contributed by atoms with Gasteiger partial charge in [0.05, 0.1) is 0 Å². The van der Waals surface area contributed by atoms with Gasteiger partial charge in [0.1, 0.15) is 0 Å². The van der Waals surface area contributed by atoms with Crippen molar-refractivity contribution in [3.63, 3.8) is 0 Å². The molecule has 0 rings (SSSR count). The van der Waals surface area contributed by atoms with Gasteiger partial charge < -0.3 is 0 Å². The summed E-state index contributed by atoms with van der Waals surface area (Å²) < 4.78 is 99.0. The van der Waals surface area contributed by atoms with Crippen molar-refractivity contribution < 1.29 is 39.3 Å². The molecule has 0 aliphatic heterocycles. The van der Waals surface area contributed by atoms with Crippen LogP contribution in [0.15, 0.2) is 0 Å². The monoisotopic (exact) mass is 264 g/mol. The lowest BCUT2D eigenvalue weighted by Gasteiger charge is -2.27. The van der Waals surface area contributed by atoms with E-state index in [1.807, 2.05) is 12.6 Å². The Morgan fingerprint density at radius 2 is 1.29 bits per heavy atom. The molecule has 0 aromatic rings. The van der Waals surface area contributed by atoms with Crippen LogP contribution in [0.25, 0.3) is 0 Å². The van der Waals surface area contributed by atoms with Crippen LogP contribution in [0.2, 0.25) is 0 Å². The van der Waals surface area contributed by atoms with Crippen molar-refractivity contribution in [3.05, 3.63) is 0 Å². The SMILES string of the molecule is O=S(=O)(O)C(F)(F)C(F)(F)C(F)(F)S. The van der Waals surface area contributed by atoms with Crippen LogP contribution in [-0.4, -0.2) is 29.4 Å². The first kappa shape index (κ1) is 13.8. The highest BCUT2D eigenvalue weighted by atomic mass is 32.2. The van der Waals surface area contributed by atoms with E-state index in [9.17, 15) is 34.8 Å². The standard InChI is InChI=1S/C3H2F6O3S2/c4-1(5,2(6,7)13)3(8,9)14(10,11)12/h13H,(H,10,11,12). The number of alkyl halides is 6. The van der Waals surface area contributed by atoms with Gasteiger partial charge in [0.15, 0.2) is 0 Å². The van der Waals surface area contributed by atoms with Crippen LogP contribution >= 0.6 is 12.6 Å². The molecular weight excluding hydrogens is 262 g/mol. The Morgan fingerprint density at radius 3 is 1.36 bits per heavy atom. The van der Waals surface area contributed by atoms with Crippen molar-refractivity contribution in [2.24, 2.45) is 0 Å². The highest BCUT2D eigenvalue weighted by Crippen LogP contribution is 2.49. The van der Waals surface area contributed by atoms with Gasteiger partial charge in [-0.25, -0.2) is 0 Å². The normalized spacial score (nSPS) is 15.7. The van der Waals surface area contributed by atoms with E-state index in [-0.39, 0.29) is 0 Å². The number of rotatable bonds is 3. The van der Waals surface area contributed by atoms with E-state index in [1.165, 1.54) is 0 Å². The molecule has 0 radical (unpaired) electrons. The van der Waals surface area contributed by atoms with Crippen LogP contribution in [0.5, 0.6) is 0 Å². The lowest BCUT2D eigenvalue weighted by Crippen LogP contribution is -2.55. The predicted molar refractivity (Wildman–Crippen MR) is 35.4 cm³/mol. The Labute approximate surface area is 79.2 Å². The van der Waals surface area contributed by atoms with E-state index >= 15 is 0 Å². The molecule has 0 amide bonds. The summed E-state index contributed by atoms with van der Waals surface area (Å²) >= 11 is 1.82. The molecule has 86 valence electrons. The molecule has 0 saturated carbocycles. The average molecular weight is 264 g/mol. The molecule has 0 aromatic heterocycles. The third-order valence-electron chi connectivity index (χ3n) is 1.07. The smallest absolute Gasteiger partial charge is 0.281 e. The van der Waals surface area contributed by atoms with Gasteiger partial charge in [0, 0.05) is 0 Å². The van der Waals surface area contributed by atoms with Crippen LogP contribution in [0, 0.1) is 0 Å². The lowest BCUT2D eigenvalue weighted by atomic mass is 10.3. The number of hydrogen-bond donors (Lipinski definition) is 2. The highest BCUT2D eigenvalue weighted by molar-refractivity contribution is 7.87. The van der Waals surface area contributed by atoms with Crippen molar-refractivity contribution in [3.8, 4) is 0 Å². The van der Waals surface area contributed by atoms with Gasteiger partial charge in [0.25, 0.3) is 0 Å². The molecule has 0 heterocycles. The summed E-state index contributed by atoms with van der Waals surface area (Å²) in [6.45, 7) is 0. The minimum atomic E-state index is -6.66. The van der Waals surface area contributed by atoms with Gasteiger partial charge in [-0.1, -0.05) is 12.6 Å². The molecule has 0 aliphatic carbocycles. The van der Waals surface area contributed by atoms with Gasteiger partial charge in [-0.2, -0.15) is 34.8 Å². The van der Waals surface area contributed by atoms with Crippen molar-refractivity contribution in [1.82, 2.24) is 0 Å². The van der Waals surface area contributed by atoms with Crippen LogP contribution in [-0.2, 0) is 10.1 Å². The molecule has 14 heavy (non-hydrogen) atoms. The molecule has 0 atom stereocenters. The molecule has 11 heteroatoms. The number of halogens is 6. The second-order valence-corrected chi connectivity index (χ2v) is 4.13. The van der Waals surface area contributed by atoms with Crippen molar-refractivity contribution in [2.75, 3.05) is 0 Å². The Balaban J connectivity index is 5.54. The number of hydrogen-bond acceptors (Lipinski definition) is 3. The molecule has 0 saturated heterocycles. The predicted octanol–water partition coefficient (Wildman–Crippen LogP) is 1.62. The second-order valence-electron chi connectivity index (χ2n) is 2.11. The molecule has 0 aliphatic rings. The summed E-state index contributed by atoms with van der Waals surface area (Å²) in [5, 5.41) is -11.9. The maximum atomic E-state index is 12.1. The number of thiol groups is 1. The third kappa shape index (κ3) is 1.93. The molecular formula is C3H2F6O3S2. The van der Waals surface area contributed by atoms with Gasteiger partial charge in [-0.05, 0) is 0 Å². The van der Waals surface area contributed by atoms with Crippen molar-refractivity contribution in [2.45, 2.75) is 16.4 Å². The van der Waals surface area contributed by atoms with Crippen molar-refractivity contribution in [1.29, 1.82) is 0 Å². The first-order valence-electron chi connectivity index (χ1n) is 2.58. The minimum absolute atomic E-state index is 1.82. The van der Waals surface area contributed by atoms with Crippen LogP contribution in [0.3, 0.4) is 0 Å². The van der Waals surface area contributed by atoms with Crippen LogP contribution in [0.4, 0.5) is 26.3 Å². The van der Waals surface area contributed by atoms with Crippen LogP contribution in [0.1, 0.15) is 0 Å². The van der Waals surface area contributed by atoms with E-state index < -0.39 is 26.5 Å². The lowest BCUT2D eigenvalue weighted by molar-refractivity contribution is -0.241. The second kappa shape index (κ2) is 3.17. The third-order valence-corrected chi connectivity index (χ3v) is 2.25. The molecule has 1 N–H and O–H groups in total. The Hall–Kier alpha value is -0.160. The Bertz CT molecular complexity index is 316. The van der Waals surface area contributed by atoms with E-state index in [1.54, 1.807) is 0 Å². The van der Waals surface area contributed by atoms with Gasteiger partial charge in [-0.3, -0.25) is 4.55 Å². The van der Waals surface area contributed by atoms with Gasteiger partial charge in [-0.15, -0.1) is 0 Å². The fraction of sp³-hybridized carbons (Fsp3) is 1.00. The zero-order chi connectivity index (χ0) is 12.0. The van der Waals surface area contributed by atoms with Gasteiger partial charge >= 0.3 is 26.5 Å². The summed E-state index contributed by atoms with van der Waals surface area (Å²) in [4.78, 5) is 0. The molecule has 0 spiro atoms. The maximum Gasteiger partial charge on any atom is 0.438 e. The van der Waals surface area contributed by atoms with E-state index in [4.69, 9.17) is 4.55 Å². The zero-order valence-electron chi connectivity index (χ0n) is 5.89. The molecule has 0 unspecified atom stereocenters.